The fourth-order valence-electron chi connectivity index (χ4n) is 2.53. The van der Waals surface area contributed by atoms with E-state index in [2.05, 4.69) is 4.98 Å². The molecule has 0 radical (unpaired) electrons. The van der Waals surface area contributed by atoms with Crippen LogP contribution in [0.3, 0.4) is 0 Å². The number of pyridine rings is 1. The highest BCUT2D eigenvalue weighted by molar-refractivity contribution is 6.05. The molecule has 5 heteroatoms. The molecule has 5 nitrogen and oxygen atoms in total. The first kappa shape index (κ1) is 13.1. The molecule has 0 saturated carbocycles. The van der Waals surface area contributed by atoms with Crippen molar-refractivity contribution in [3.05, 3.63) is 53.3 Å². The van der Waals surface area contributed by atoms with Crippen LogP contribution in [0.15, 0.2) is 36.5 Å². The van der Waals surface area contributed by atoms with Gasteiger partial charge in [0.05, 0.1) is 5.56 Å². The van der Waals surface area contributed by atoms with Gasteiger partial charge in [0.1, 0.15) is 11.8 Å². The third-order valence-corrected chi connectivity index (χ3v) is 3.58. The summed E-state index contributed by atoms with van der Waals surface area (Å²) in [4.78, 5) is 18.4. The van der Waals surface area contributed by atoms with Crippen molar-refractivity contribution in [2.75, 3.05) is 17.2 Å². The van der Waals surface area contributed by atoms with Crippen LogP contribution in [0.4, 0.5) is 11.4 Å². The summed E-state index contributed by atoms with van der Waals surface area (Å²) in [5.41, 5.74) is 9.23. The van der Waals surface area contributed by atoms with Gasteiger partial charge in [-0.05, 0) is 42.7 Å². The van der Waals surface area contributed by atoms with Gasteiger partial charge < -0.3 is 10.6 Å². The minimum Gasteiger partial charge on any atom is -0.399 e. The van der Waals surface area contributed by atoms with Crippen molar-refractivity contribution in [2.45, 2.75) is 12.8 Å². The Morgan fingerprint density at radius 1 is 1.33 bits per heavy atom. The predicted molar refractivity (Wildman–Crippen MR) is 79.8 cm³/mol. The van der Waals surface area contributed by atoms with Gasteiger partial charge in [0, 0.05) is 24.1 Å². The third-order valence-electron chi connectivity index (χ3n) is 3.58. The molecule has 1 aromatic heterocycles. The number of rotatable bonds is 1. The lowest BCUT2D eigenvalue weighted by atomic mass is 10.0. The second kappa shape index (κ2) is 5.25. The van der Waals surface area contributed by atoms with Crippen LogP contribution in [-0.4, -0.2) is 17.4 Å². The second-order valence-corrected chi connectivity index (χ2v) is 4.99. The average Bonchev–Trinajstić information content (AvgIpc) is 2.53. The zero-order chi connectivity index (χ0) is 14.8. The van der Waals surface area contributed by atoms with E-state index >= 15 is 0 Å². The fourth-order valence-corrected chi connectivity index (χ4v) is 2.53. The monoisotopic (exact) mass is 278 g/mol. The Labute approximate surface area is 122 Å². The van der Waals surface area contributed by atoms with Gasteiger partial charge in [0.25, 0.3) is 5.91 Å². The normalized spacial score (nSPS) is 13.4. The minimum atomic E-state index is -0.161. The van der Waals surface area contributed by atoms with E-state index in [1.165, 1.54) is 6.20 Å². The number of carbonyl (C=O) groups is 1. The standard InChI is InChI=1S/C16H14N4O/c17-9-11-3-6-14(19-10-11)16(21)20-7-1-2-12-4-5-13(18)8-15(12)20/h3-6,8,10H,1-2,7,18H2. The Bertz CT molecular complexity index is 731. The van der Waals surface area contributed by atoms with E-state index in [9.17, 15) is 4.79 Å². The molecule has 0 saturated heterocycles. The fraction of sp³-hybridized carbons (Fsp3) is 0.188. The molecule has 0 aliphatic carbocycles. The number of benzene rings is 1. The molecule has 1 aliphatic rings. The Hall–Kier alpha value is -2.87. The van der Waals surface area contributed by atoms with Gasteiger partial charge >= 0.3 is 0 Å². The Morgan fingerprint density at radius 2 is 2.19 bits per heavy atom. The zero-order valence-corrected chi connectivity index (χ0v) is 11.4. The molecule has 1 amide bonds. The maximum Gasteiger partial charge on any atom is 0.276 e. The van der Waals surface area contributed by atoms with Gasteiger partial charge in [-0.3, -0.25) is 4.79 Å². The van der Waals surface area contributed by atoms with E-state index in [1.54, 1.807) is 17.0 Å². The summed E-state index contributed by atoms with van der Waals surface area (Å²) in [6.45, 7) is 0.650. The highest BCUT2D eigenvalue weighted by atomic mass is 16.2. The Kier molecular flexibility index (Phi) is 3.28. The quantitative estimate of drug-likeness (QED) is 0.810. The van der Waals surface area contributed by atoms with Crippen molar-refractivity contribution in [2.24, 2.45) is 0 Å². The molecule has 1 aliphatic heterocycles. The highest BCUT2D eigenvalue weighted by Gasteiger charge is 2.24. The van der Waals surface area contributed by atoms with Crippen molar-refractivity contribution in [3.8, 4) is 6.07 Å². The Balaban J connectivity index is 1.96. The molecule has 2 N–H and O–H groups in total. The molecule has 2 heterocycles. The summed E-state index contributed by atoms with van der Waals surface area (Å²) >= 11 is 0. The van der Waals surface area contributed by atoms with Crippen LogP contribution in [0.1, 0.15) is 28.0 Å². The number of hydrogen-bond acceptors (Lipinski definition) is 4. The van der Waals surface area contributed by atoms with Crippen molar-refractivity contribution >= 4 is 17.3 Å². The number of amides is 1. The lowest BCUT2D eigenvalue weighted by molar-refractivity contribution is 0.0980. The number of fused-ring (bicyclic) bond motifs is 1. The molecule has 1 aromatic carbocycles. The first-order valence-electron chi connectivity index (χ1n) is 6.75. The van der Waals surface area contributed by atoms with Gasteiger partial charge in [-0.15, -0.1) is 0 Å². The molecule has 104 valence electrons. The van der Waals surface area contributed by atoms with Crippen molar-refractivity contribution < 1.29 is 4.79 Å². The van der Waals surface area contributed by atoms with E-state index in [1.807, 2.05) is 24.3 Å². The van der Waals surface area contributed by atoms with Crippen molar-refractivity contribution in [1.82, 2.24) is 4.98 Å². The maximum absolute atomic E-state index is 12.6. The van der Waals surface area contributed by atoms with E-state index in [0.29, 0.717) is 23.5 Å². The van der Waals surface area contributed by atoms with E-state index in [4.69, 9.17) is 11.0 Å². The number of nitrogens with zero attached hydrogens (tertiary/aromatic N) is 3. The molecule has 3 rings (SSSR count). The van der Waals surface area contributed by atoms with Crippen LogP contribution >= 0.6 is 0 Å². The van der Waals surface area contributed by atoms with Gasteiger partial charge in [-0.2, -0.15) is 5.26 Å². The summed E-state index contributed by atoms with van der Waals surface area (Å²) in [6.07, 6.45) is 3.27. The second-order valence-electron chi connectivity index (χ2n) is 4.99. The van der Waals surface area contributed by atoms with Crippen LogP contribution in [0.25, 0.3) is 0 Å². The number of hydrogen-bond donors (Lipinski definition) is 1. The van der Waals surface area contributed by atoms with Gasteiger partial charge in [0.15, 0.2) is 0 Å². The lowest BCUT2D eigenvalue weighted by Gasteiger charge is -2.29. The minimum absolute atomic E-state index is 0.161. The number of anilines is 2. The molecule has 0 fully saturated rings. The van der Waals surface area contributed by atoms with Crippen molar-refractivity contribution in [1.29, 1.82) is 5.26 Å². The van der Waals surface area contributed by atoms with E-state index in [-0.39, 0.29) is 5.91 Å². The number of nitrogen functional groups attached to an aromatic ring is 1. The SMILES string of the molecule is N#Cc1ccc(C(=O)N2CCCc3ccc(N)cc32)nc1. The van der Waals surface area contributed by atoms with Crippen LogP contribution in [0.5, 0.6) is 0 Å². The molecule has 0 bridgehead atoms. The molecule has 0 atom stereocenters. The van der Waals surface area contributed by atoms with Gasteiger partial charge in [-0.25, -0.2) is 4.98 Å². The molecule has 0 unspecified atom stereocenters. The summed E-state index contributed by atoms with van der Waals surface area (Å²) in [5.74, 6) is -0.161. The first-order chi connectivity index (χ1) is 10.2. The molecular weight excluding hydrogens is 264 g/mol. The summed E-state index contributed by atoms with van der Waals surface area (Å²) in [7, 11) is 0. The topological polar surface area (TPSA) is 83.0 Å². The molecule has 21 heavy (non-hydrogen) atoms. The molecule has 0 spiro atoms. The van der Waals surface area contributed by atoms with E-state index < -0.39 is 0 Å². The predicted octanol–water partition coefficient (Wildman–Crippen LogP) is 2.13. The maximum atomic E-state index is 12.6. The van der Waals surface area contributed by atoms with E-state index in [0.717, 1.165) is 24.1 Å². The lowest BCUT2D eigenvalue weighted by Crippen LogP contribution is -2.36. The highest BCUT2D eigenvalue weighted by Crippen LogP contribution is 2.30. The van der Waals surface area contributed by atoms with Crippen LogP contribution in [-0.2, 0) is 6.42 Å². The largest absolute Gasteiger partial charge is 0.399 e. The van der Waals surface area contributed by atoms with Crippen LogP contribution < -0.4 is 10.6 Å². The van der Waals surface area contributed by atoms with Crippen LogP contribution in [0, 0.1) is 11.3 Å². The first-order valence-corrected chi connectivity index (χ1v) is 6.75. The molecule has 2 aromatic rings. The van der Waals surface area contributed by atoms with Crippen LogP contribution in [0.2, 0.25) is 0 Å². The zero-order valence-electron chi connectivity index (χ0n) is 11.4. The van der Waals surface area contributed by atoms with Gasteiger partial charge in [-0.1, -0.05) is 6.07 Å². The Morgan fingerprint density at radius 3 is 2.90 bits per heavy atom. The third kappa shape index (κ3) is 2.43. The number of aryl methyl sites for hydroxylation is 1. The summed E-state index contributed by atoms with van der Waals surface area (Å²) < 4.78 is 0. The number of nitrogens with two attached hydrogens (primary N) is 1. The van der Waals surface area contributed by atoms with Gasteiger partial charge in [0.2, 0.25) is 0 Å². The van der Waals surface area contributed by atoms with Crippen molar-refractivity contribution in [3.63, 3.8) is 0 Å². The smallest absolute Gasteiger partial charge is 0.276 e. The number of carbonyl (C=O) groups excluding carboxylic acids is 1. The number of aromatic nitrogens is 1. The summed E-state index contributed by atoms with van der Waals surface area (Å²) in [5, 5.41) is 8.78. The number of nitriles is 1. The molecular formula is C16H14N4O. The average molecular weight is 278 g/mol. The summed E-state index contributed by atoms with van der Waals surface area (Å²) in [6, 6.07) is 10.8.